The molecular formula is C25H19Cl2NO4S. The number of carbonyl (C=O) groups is 2. The van der Waals surface area contributed by atoms with E-state index in [0.29, 0.717) is 44.2 Å². The summed E-state index contributed by atoms with van der Waals surface area (Å²) in [4.78, 5) is 26.8. The SMILES string of the molecule is COc1cc(/C=C2/SC(=O)N(Cc3ccccc3Cl)C2=O)ccc1OCc1ccc(Cl)cc1. The maximum Gasteiger partial charge on any atom is 0.293 e. The molecule has 1 saturated heterocycles. The highest BCUT2D eigenvalue weighted by atomic mass is 35.5. The van der Waals surface area contributed by atoms with Crippen molar-refractivity contribution in [2.75, 3.05) is 7.11 Å². The van der Waals surface area contributed by atoms with Gasteiger partial charge in [0.25, 0.3) is 11.1 Å². The van der Waals surface area contributed by atoms with Crippen LogP contribution in [-0.2, 0) is 17.9 Å². The Hall–Kier alpha value is -2.93. The van der Waals surface area contributed by atoms with E-state index < -0.39 is 0 Å². The summed E-state index contributed by atoms with van der Waals surface area (Å²) in [7, 11) is 1.55. The van der Waals surface area contributed by atoms with Crippen LogP contribution in [0.3, 0.4) is 0 Å². The van der Waals surface area contributed by atoms with E-state index in [4.69, 9.17) is 32.7 Å². The predicted octanol–water partition coefficient (Wildman–Crippen LogP) is 6.82. The van der Waals surface area contributed by atoms with Gasteiger partial charge in [0.15, 0.2) is 11.5 Å². The number of ether oxygens (including phenoxy) is 2. The highest BCUT2D eigenvalue weighted by molar-refractivity contribution is 8.18. The summed E-state index contributed by atoms with van der Waals surface area (Å²) in [6.07, 6.45) is 1.67. The van der Waals surface area contributed by atoms with E-state index in [0.717, 1.165) is 17.3 Å². The van der Waals surface area contributed by atoms with Crippen LogP contribution in [0.2, 0.25) is 10.0 Å². The zero-order chi connectivity index (χ0) is 23.4. The molecule has 1 aliphatic rings. The van der Waals surface area contributed by atoms with Gasteiger partial charge in [-0.15, -0.1) is 0 Å². The van der Waals surface area contributed by atoms with Crippen LogP contribution in [0.25, 0.3) is 6.08 Å². The van der Waals surface area contributed by atoms with Crippen LogP contribution in [0.4, 0.5) is 4.79 Å². The largest absolute Gasteiger partial charge is 0.493 e. The first kappa shape index (κ1) is 23.2. The van der Waals surface area contributed by atoms with Crippen LogP contribution in [-0.4, -0.2) is 23.2 Å². The van der Waals surface area contributed by atoms with Crippen molar-refractivity contribution in [2.45, 2.75) is 13.2 Å². The summed E-state index contributed by atoms with van der Waals surface area (Å²) < 4.78 is 11.3. The first-order valence-electron chi connectivity index (χ1n) is 9.98. The van der Waals surface area contributed by atoms with Crippen molar-refractivity contribution >= 4 is 52.2 Å². The van der Waals surface area contributed by atoms with Crippen LogP contribution < -0.4 is 9.47 Å². The molecule has 2 amide bonds. The van der Waals surface area contributed by atoms with Gasteiger partial charge < -0.3 is 9.47 Å². The van der Waals surface area contributed by atoms with Gasteiger partial charge in [-0.3, -0.25) is 14.5 Å². The Morgan fingerprint density at radius 3 is 2.45 bits per heavy atom. The molecule has 1 heterocycles. The number of hydrogen-bond acceptors (Lipinski definition) is 5. The minimum Gasteiger partial charge on any atom is -0.493 e. The predicted molar refractivity (Wildman–Crippen MR) is 132 cm³/mol. The van der Waals surface area contributed by atoms with E-state index >= 15 is 0 Å². The highest BCUT2D eigenvalue weighted by Crippen LogP contribution is 2.36. The van der Waals surface area contributed by atoms with Crippen molar-refractivity contribution in [1.82, 2.24) is 4.90 Å². The zero-order valence-electron chi connectivity index (χ0n) is 17.6. The minimum atomic E-state index is -0.355. The quantitative estimate of drug-likeness (QED) is 0.334. The number of nitrogens with zero attached hydrogens (tertiary/aromatic N) is 1. The second-order valence-corrected chi connectivity index (χ2v) is 9.02. The lowest BCUT2D eigenvalue weighted by molar-refractivity contribution is -0.123. The molecule has 3 aromatic rings. The monoisotopic (exact) mass is 499 g/mol. The van der Waals surface area contributed by atoms with E-state index in [1.165, 1.54) is 4.90 Å². The fourth-order valence-corrected chi connectivity index (χ4v) is 4.38. The van der Waals surface area contributed by atoms with Crippen LogP contribution in [0.5, 0.6) is 11.5 Å². The molecule has 3 aromatic carbocycles. The maximum absolute atomic E-state index is 12.8. The van der Waals surface area contributed by atoms with Gasteiger partial charge in [-0.2, -0.15) is 0 Å². The molecule has 0 aromatic heterocycles. The first-order valence-corrected chi connectivity index (χ1v) is 11.6. The first-order chi connectivity index (χ1) is 15.9. The Morgan fingerprint density at radius 1 is 0.970 bits per heavy atom. The number of thioether (sulfide) groups is 1. The average Bonchev–Trinajstić information content (AvgIpc) is 3.07. The molecule has 0 saturated carbocycles. The van der Waals surface area contributed by atoms with Crippen molar-refractivity contribution in [3.63, 3.8) is 0 Å². The third-order valence-electron chi connectivity index (χ3n) is 4.95. The molecule has 33 heavy (non-hydrogen) atoms. The molecule has 0 atom stereocenters. The second kappa shape index (κ2) is 10.3. The standard InChI is InChI=1S/C25H19Cl2NO4S/c1-31-22-12-17(8-11-21(22)32-15-16-6-9-19(26)10-7-16)13-23-24(29)28(25(30)33-23)14-18-4-2-3-5-20(18)27/h2-13H,14-15H2,1H3/b23-13+. The minimum absolute atomic E-state index is 0.127. The molecular weight excluding hydrogens is 481 g/mol. The van der Waals surface area contributed by atoms with E-state index in [9.17, 15) is 9.59 Å². The topological polar surface area (TPSA) is 55.8 Å². The van der Waals surface area contributed by atoms with Crippen molar-refractivity contribution in [1.29, 1.82) is 0 Å². The summed E-state index contributed by atoms with van der Waals surface area (Å²) in [5, 5.41) is 0.845. The normalized spacial score (nSPS) is 14.8. The molecule has 0 unspecified atom stereocenters. The number of methoxy groups -OCH3 is 1. The number of hydrogen-bond donors (Lipinski definition) is 0. The van der Waals surface area contributed by atoms with Gasteiger partial charge >= 0.3 is 0 Å². The van der Waals surface area contributed by atoms with Crippen molar-refractivity contribution < 1.29 is 19.1 Å². The van der Waals surface area contributed by atoms with Crippen molar-refractivity contribution in [2.24, 2.45) is 0 Å². The molecule has 0 N–H and O–H groups in total. The smallest absolute Gasteiger partial charge is 0.293 e. The van der Waals surface area contributed by atoms with E-state index in [-0.39, 0.29) is 17.7 Å². The number of halogens is 2. The Bertz CT molecular complexity index is 1230. The Morgan fingerprint density at radius 2 is 1.73 bits per heavy atom. The molecule has 0 radical (unpaired) electrons. The van der Waals surface area contributed by atoms with Gasteiger partial charge in [-0.05, 0) is 64.9 Å². The number of imide groups is 1. The molecule has 4 rings (SSSR count). The van der Waals surface area contributed by atoms with E-state index in [2.05, 4.69) is 0 Å². The molecule has 1 aliphatic heterocycles. The van der Waals surface area contributed by atoms with E-state index in [1.807, 2.05) is 24.3 Å². The molecule has 0 bridgehead atoms. The van der Waals surface area contributed by atoms with Crippen LogP contribution in [0.1, 0.15) is 16.7 Å². The van der Waals surface area contributed by atoms with Crippen molar-refractivity contribution in [3.05, 3.63) is 98.4 Å². The van der Waals surface area contributed by atoms with Gasteiger partial charge in [0.1, 0.15) is 6.61 Å². The van der Waals surface area contributed by atoms with Crippen molar-refractivity contribution in [3.8, 4) is 11.5 Å². The fraction of sp³-hybridized carbons (Fsp3) is 0.120. The van der Waals surface area contributed by atoms with Crippen LogP contribution in [0.15, 0.2) is 71.6 Å². The Labute approximate surface area is 205 Å². The van der Waals surface area contributed by atoms with Gasteiger partial charge in [0.2, 0.25) is 0 Å². The van der Waals surface area contributed by atoms with Gasteiger partial charge in [0, 0.05) is 10.0 Å². The van der Waals surface area contributed by atoms with Crippen LogP contribution >= 0.6 is 35.0 Å². The number of benzene rings is 3. The number of rotatable bonds is 7. The Kier molecular flexibility index (Phi) is 7.28. The summed E-state index contributed by atoms with van der Waals surface area (Å²) in [6.45, 7) is 0.482. The highest BCUT2D eigenvalue weighted by Gasteiger charge is 2.35. The van der Waals surface area contributed by atoms with E-state index in [1.54, 1.807) is 55.7 Å². The summed E-state index contributed by atoms with van der Waals surface area (Å²) in [5.74, 6) is 0.733. The summed E-state index contributed by atoms with van der Waals surface area (Å²) >= 11 is 13.0. The van der Waals surface area contributed by atoms with Crippen LogP contribution in [0, 0.1) is 0 Å². The lowest BCUT2D eigenvalue weighted by atomic mass is 10.1. The summed E-state index contributed by atoms with van der Waals surface area (Å²) in [6, 6.07) is 19.9. The fourth-order valence-electron chi connectivity index (χ4n) is 3.22. The zero-order valence-corrected chi connectivity index (χ0v) is 19.9. The molecule has 0 spiro atoms. The molecule has 1 fully saturated rings. The summed E-state index contributed by atoms with van der Waals surface area (Å²) in [5.41, 5.74) is 2.40. The molecule has 5 nitrogen and oxygen atoms in total. The molecule has 0 aliphatic carbocycles. The lowest BCUT2D eigenvalue weighted by Crippen LogP contribution is -2.27. The number of carbonyl (C=O) groups excluding carboxylic acids is 2. The van der Waals surface area contributed by atoms with Gasteiger partial charge in [-0.1, -0.05) is 59.6 Å². The van der Waals surface area contributed by atoms with Gasteiger partial charge in [-0.25, -0.2) is 0 Å². The average molecular weight is 500 g/mol. The third-order valence-corrected chi connectivity index (χ3v) is 6.48. The maximum atomic E-state index is 12.8. The van der Waals surface area contributed by atoms with Gasteiger partial charge in [0.05, 0.1) is 18.6 Å². The lowest BCUT2D eigenvalue weighted by Gasteiger charge is -2.13. The number of amides is 2. The molecule has 8 heteroatoms. The Balaban J connectivity index is 1.49. The molecule has 168 valence electrons. The third kappa shape index (κ3) is 5.53. The second-order valence-electron chi connectivity index (χ2n) is 7.18.